The average Bonchev–Trinajstić information content (AvgIpc) is 2.41. The van der Waals surface area contributed by atoms with Crippen molar-refractivity contribution in [1.29, 1.82) is 0 Å². The Labute approximate surface area is 104 Å². The van der Waals surface area contributed by atoms with E-state index in [0.717, 1.165) is 43.9 Å². The third kappa shape index (κ3) is 3.16. The molecule has 1 fully saturated rings. The smallest absolute Gasteiger partial charge is 0.225 e. The number of piperidine rings is 1. The molecule has 2 heterocycles. The van der Waals surface area contributed by atoms with E-state index in [1.54, 1.807) is 7.11 Å². The van der Waals surface area contributed by atoms with Crippen molar-refractivity contribution in [2.24, 2.45) is 5.92 Å². The molecule has 0 atom stereocenters. The molecule has 0 aromatic carbocycles. The van der Waals surface area contributed by atoms with Gasteiger partial charge in [-0.3, -0.25) is 0 Å². The molecular formula is C13H21N3O. The lowest BCUT2D eigenvalue weighted by Gasteiger charge is -2.31. The van der Waals surface area contributed by atoms with Gasteiger partial charge in [-0.05, 0) is 18.8 Å². The Hall–Kier alpha value is -1.16. The van der Waals surface area contributed by atoms with Crippen molar-refractivity contribution in [1.82, 2.24) is 9.97 Å². The lowest BCUT2D eigenvalue weighted by Crippen LogP contribution is -2.34. The van der Waals surface area contributed by atoms with Gasteiger partial charge >= 0.3 is 0 Å². The molecule has 0 aliphatic carbocycles. The summed E-state index contributed by atoms with van der Waals surface area (Å²) in [6, 6.07) is 0. The molecule has 17 heavy (non-hydrogen) atoms. The van der Waals surface area contributed by atoms with Crippen molar-refractivity contribution in [3.05, 3.63) is 18.0 Å². The number of hydrogen-bond donors (Lipinski definition) is 0. The molecule has 0 bridgehead atoms. The van der Waals surface area contributed by atoms with Crippen LogP contribution in [0, 0.1) is 5.92 Å². The van der Waals surface area contributed by atoms with Crippen molar-refractivity contribution in [2.45, 2.75) is 32.8 Å². The van der Waals surface area contributed by atoms with E-state index in [0.29, 0.717) is 19.4 Å². The van der Waals surface area contributed by atoms with Gasteiger partial charge in [0.2, 0.25) is 5.95 Å². The number of anilines is 1. The molecule has 1 saturated heterocycles. The van der Waals surface area contributed by atoms with Gasteiger partial charge in [0.15, 0.2) is 0 Å². The van der Waals surface area contributed by atoms with Crippen LogP contribution in [0.4, 0.5) is 5.95 Å². The molecule has 0 saturated carbocycles. The highest BCUT2D eigenvalue weighted by Gasteiger charge is 2.19. The summed E-state index contributed by atoms with van der Waals surface area (Å²) in [6.07, 6.45) is 7.01. The first-order valence-electron chi connectivity index (χ1n) is 6.88. The zero-order valence-electron chi connectivity index (χ0n) is 11.4. The average molecular weight is 236 g/mol. The first-order chi connectivity index (χ1) is 8.83. The third-order valence-corrected chi connectivity index (χ3v) is 3.31. The summed E-state index contributed by atoms with van der Waals surface area (Å²) in [5.74, 6) is 1.53. The van der Waals surface area contributed by atoms with Crippen molar-refractivity contribution in [3.63, 3.8) is 0 Å². The molecule has 94 valence electrons. The fourth-order valence-electron chi connectivity index (χ4n) is 2.17. The van der Waals surface area contributed by atoms with Gasteiger partial charge in [-0.15, -0.1) is 0 Å². The fraction of sp³-hybridized carbons (Fsp3) is 0.692. The van der Waals surface area contributed by atoms with Gasteiger partial charge in [-0.2, -0.15) is 0 Å². The first-order valence-corrected chi connectivity index (χ1v) is 6.17. The minimum Gasteiger partial charge on any atom is -0.380 e. The zero-order chi connectivity index (χ0) is 12.8. The molecule has 0 N–H and O–H groups in total. The van der Waals surface area contributed by atoms with E-state index < -0.39 is 0 Å². The van der Waals surface area contributed by atoms with E-state index in [9.17, 15) is 0 Å². The Morgan fingerprint density at radius 2 is 2.12 bits per heavy atom. The van der Waals surface area contributed by atoms with Crippen LogP contribution in [0.25, 0.3) is 0 Å². The van der Waals surface area contributed by atoms with E-state index in [2.05, 4.69) is 14.9 Å². The number of methoxy groups -OCH3 is 1. The SMILES string of the molecule is [2H]CCC1CCN(c2ncc(COC)cn2)CC1. The van der Waals surface area contributed by atoms with Crippen LogP contribution in [0.1, 0.15) is 33.1 Å². The second kappa shape index (κ2) is 5.96. The topological polar surface area (TPSA) is 38.2 Å². The molecule has 4 heteroatoms. The zero-order valence-corrected chi connectivity index (χ0v) is 10.4. The highest BCUT2D eigenvalue weighted by atomic mass is 16.5. The Morgan fingerprint density at radius 3 is 2.71 bits per heavy atom. The van der Waals surface area contributed by atoms with E-state index >= 15 is 0 Å². The lowest BCUT2D eigenvalue weighted by molar-refractivity contribution is 0.184. The van der Waals surface area contributed by atoms with Crippen LogP contribution < -0.4 is 4.90 Å². The predicted octanol–water partition coefficient (Wildman–Crippen LogP) is 2.25. The lowest BCUT2D eigenvalue weighted by atomic mass is 9.95. The fourth-order valence-corrected chi connectivity index (χ4v) is 2.17. The van der Waals surface area contributed by atoms with E-state index in [4.69, 9.17) is 6.11 Å². The summed E-state index contributed by atoms with van der Waals surface area (Å²) in [7, 11) is 1.67. The summed E-state index contributed by atoms with van der Waals surface area (Å²) >= 11 is 0. The molecule has 1 aromatic rings. The maximum absolute atomic E-state index is 7.27. The first kappa shape index (κ1) is 11.0. The van der Waals surface area contributed by atoms with Gasteiger partial charge in [-0.25, -0.2) is 9.97 Å². The van der Waals surface area contributed by atoms with Crippen molar-refractivity contribution in [3.8, 4) is 0 Å². The molecule has 0 unspecified atom stereocenters. The van der Waals surface area contributed by atoms with Gasteiger partial charge in [0.25, 0.3) is 0 Å². The standard InChI is InChI=1S/C13H21N3O/c1-3-11-4-6-16(7-5-11)13-14-8-12(9-15-13)10-17-2/h8-9,11H,3-7,10H2,1-2H3/i1D. The molecule has 1 aromatic heterocycles. The maximum atomic E-state index is 7.27. The third-order valence-electron chi connectivity index (χ3n) is 3.31. The van der Waals surface area contributed by atoms with Gasteiger partial charge in [0.1, 0.15) is 0 Å². The van der Waals surface area contributed by atoms with Crippen molar-refractivity contribution in [2.75, 3.05) is 25.1 Å². The molecule has 0 radical (unpaired) electrons. The van der Waals surface area contributed by atoms with Crippen LogP contribution in [0.2, 0.25) is 0 Å². The molecule has 0 amide bonds. The minimum atomic E-state index is 0.548. The second-order valence-corrected chi connectivity index (χ2v) is 4.54. The molecule has 1 aliphatic rings. The summed E-state index contributed by atoms with van der Waals surface area (Å²) in [6.45, 7) is 3.13. The summed E-state index contributed by atoms with van der Waals surface area (Å²) in [4.78, 5) is 11.0. The van der Waals surface area contributed by atoms with Crippen LogP contribution >= 0.6 is 0 Å². The van der Waals surface area contributed by atoms with Gasteiger partial charge < -0.3 is 9.64 Å². The van der Waals surface area contributed by atoms with Crippen LogP contribution in [0.3, 0.4) is 0 Å². The molecule has 2 rings (SSSR count). The Balaban J connectivity index is 1.89. The normalized spacial score (nSPS) is 18.2. The van der Waals surface area contributed by atoms with Crippen molar-refractivity contribution >= 4 is 5.95 Å². The van der Waals surface area contributed by atoms with Crippen LogP contribution in [0.15, 0.2) is 12.4 Å². The quantitative estimate of drug-likeness (QED) is 0.803. The number of rotatable bonds is 4. The van der Waals surface area contributed by atoms with Crippen LogP contribution in [-0.2, 0) is 11.3 Å². The Kier molecular flexibility index (Phi) is 3.84. The molecule has 1 aliphatic heterocycles. The van der Waals surface area contributed by atoms with E-state index in [-0.39, 0.29) is 0 Å². The second-order valence-electron chi connectivity index (χ2n) is 4.54. The predicted molar refractivity (Wildman–Crippen MR) is 68.0 cm³/mol. The summed E-state index contributed by atoms with van der Waals surface area (Å²) in [5.41, 5.74) is 1.00. The van der Waals surface area contributed by atoms with Gasteiger partial charge in [-0.1, -0.05) is 13.3 Å². The molecular weight excluding hydrogens is 214 g/mol. The number of ether oxygens (including phenoxy) is 1. The molecule has 4 nitrogen and oxygen atoms in total. The highest BCUT2D eigenvalue weighted by Crippen LogP contribution is 2.22. The monoisotopic (exact) mass is 236 g/mol. The van der Waals surface area contributed by atoms with E-state index in [1.165, 1.54) is 0 Å². The van der Waals surface area contributed by atoms with E-state index in [1.807, 2.05) is 12.4 Å². The summed E-state index contributed by atoms with van der Waals surface area (Å²) in [5, 5.41) is 0. The maximum Gasteiger partial charge on any atom is 0.225 e. The Morgan fingerprint density at radius 1 is 1.41 bits per heavy atom. The Bertz CT molecular complexity index is 350. The van der Waals surface area contributed by atoms with Crippen molar-refractivity contribution < 1.29 is 6.11 Å². The summed E-state index contributed by atoms with van der Waals surface area (Å²) < 4.78 is 12.3. The molecule has 0 spiro atoms. The van der Waals surface area contributed by atoms with Gasteiger partial charge in [0, 0.05) is 39.5 Å². The number of hydrogen-bond acceptors (Lipinski definition) is 4. The van der Waals surface area contributed by atoms with Gasteiger partial charge in [0.05, 0.1) is 6.61 Å². The number of aromatic nitrogens is 2. The van der Waals surface area contributed by atoms with Crippen LogP contribution in [-0.4, -0.2) is 30.2 Å². The van der Waals surface area contributed by atoms with Crippen LogP contribution in [0.5, 0.6) is 0 Å². The number of nitrogens with zero attached hydrogens (tertiary/aromatic N) is 3. The highest BCUT2D eigenvalue weighted by molar-refractivity contribution is 5.30. The minimum absolute atomic E-state index is 0.548. The largest absolute Gasteiger partial charge is 0.380 e.